The highest BCUT2D eigenvalue weighted by Crippen LogP contribution is 2.38. The number of methoxy groups -OCH3 is 2. The van der Waals surface area contributed by atoms with Crippen LogP contribution in [0.2, 0.25) is 0 Å². The van der Waals surface area contributed by atoms with Gasteiger partial charge in [0.1, 0.15) is 24.7 Å². The Kier molecular flexibility index (Phi) is 6.13. The Balaban J connectivity index is 1.88. The van der Waals surface area contributed by atoms with E-state index in [1.807, 2.05) is 0 Å². The fourth-order valence-corrected chi connectivity index (χ4v) is 5.30. The predicted octanol–water partition coefficient (Wildman–Crippen LogP) is 0.167. The predicted molar refractivity (Wildman–Crippen MR) is 102 cm³/mol. The van der Waals surface area contributed by atoms with Gasteiger partial charge in [-0.2, -0.15) is 0 Å². The van der Waals surface area contributed by atoms with E-state index in [0.29, 0.717) is 11.3 Å². The Morgan fingerprint density at radius 3 is 2.33 bits per heavy atom. The average Bonchev–Trinajstić information content (AvgIpc) is 2.71. The molecule has 2 aliphatic rings. The zero-order valence-corrected chi connectivity index (χ0v) is 17.4. The number of ether oxygens (including phenoxy) is 4. The van der Waals surface area contributed by atoms with Crippen LogP contribution in [0, 0.1) is 0 Å². The summed E-state index contributed by atoms with van der Waals surface area (Å²) >= 11 is 0. The molecule has 1 fully saturated rings. The Hall–Kier alpha value is -2.92. The molecule has 3 rings (SSSR count). The highest BCUT2D eigenvalue weighted by atomic mass is 32.2. The maximum atomic E-state index is 12.8. The SMILES string of the molecule is COc1ccc(COC(=O)C2=C(COC(C)=O)CS(=O)(=O)[C@@H]3[C@@H](OC)C(=O)N23)cc1. The first kappa shape index (κ1) is 21.8. The quantitative estimate of drug-likeness (QED) is 0.432. The first-order chi connectivity index (χ1) is 14.2. The van der Waals surface area contributed by atoms with Crippen LogP contribution in [-0.2, 0) is 45.0 Å². The van der Waals surface area contributed by atoms with Crippen molar-refractivity contribution in [2.45, 2.75) is 25.0 Å². The second-order valence-corrected chi connectivity index (χ2v) is 8.82. The number of hydrogen-bond acceptors (Lipinski definition) is 9. The van der Waals surface area contributed by atoms with Crippen molar-refractivity contribution in [2.24, 2.45) is 0 Å². The number of amides is 1. The van der Waals surface area contributed by atoms with Crippen molar-refractivity contribution in [3.63, 3.8) is 0 Å². The van der Waals surface area contributed by atoms with Gasteiger partial charge in [0.25, 0.3) is 5.91 Å². The molecule has 11 heteroatoms. The van der Waals surface area contributed by atoms with E-state index in [2.05, 4.69) is 0 Å². The largest absolute Gasteiger partial charge is 0.497 e. The molecule has 162 valence electrons. The molecule has 10 nitrogen and oxygen atoms in total. The zero-order valence-electron chi connectivity index (χ0n) is 16.6. The Bertz CT molecular complexity index is 997. The summed E-state index contributed by atoms with van der Waals surface area (Å²) in [5, 5.41) is -1.32. The maximum absolute atomic E-state index is 12.8. The number of fused-ring (bicyclic) bond motifs is 1. The van der Waals surface area contributed by atoms with Crippen molar-refractivity contribution >= 4 is 27.7 Å². The van der Waals surface area contributed by atoms with Gasteiger partial charge in [-0.15, -0.1) is 0 Å². The van der Waals surface area contributed by atoms with Crippen LogP contribution in [0.3, 0.4) is 0 Å². The fourth-order valence-electron chi connectivity index (χ4n) is 3.29. The van der Waals surface area contributed by atoms with Crippen molar-refractivity contribution in [1.29, 1.82) is 0 Å². The molecule has 2 heterocycles. The third-order valence-corrected chi connectivity index (χ3v) is 6.68. The van der Waals surface area contributed by atoms with Gasteiger partial charge in [-0.05, 0) is 17.7 Å². The number of carbonyl (C=O) groups excluding carboxylic acids is 3. The molecule has 1 saturated heterocycles. The van der Waals surface area contributed by atoms with Gasteiger partial charge in [0.05, 0.1) is 12.9 Å². The summed E-state index contributed by atoms with van der Waals surface area (Å²) < 4.78 is 45.5. The molecule has 0 N–H and O–H groups in total. The minimum atomic E-state index is -3.85. The maximum Gasteiger partial charge on any atom is 0.355 e. The molecule has 0 aromatic heterocycles. The number of esters is 2. The average molecular weight is 439 g/mol. The van der Waals surface area contributed by atoms with Gasteiger partial charge in [-0.3, -0.25) is 14.5 Å². The minimum absolute atomic E-state index is 0.0240. The van der Waals surface area contributed by atoms with Crippen molar-refractivity contribution in [1.82, 2.24) is 4.90 Å². The first-order valence-corrected chi connectivity index (χ1v) is 10.6. The van der Waals surface area contributed by atoms with Crippen molar-refractivity contribution in [3.05, 3.63) is 41.1 Å². The number of β-lactam (4-membered cyclic amide) rings is 1. The lowest BCUT2D eigenvalue weighted by atomic mass is 10.1. The second-order valence-electron chi connectivity index (χ2n) is 6.72. The molecule has 0 spiro atoms. The van der Waals surface area contributed by atoms with Gasteiger partial charge in [-0.1, -0.05) is 12.1 Å². The van der Waals surface area contributed by atoms with Crippen LogP contribution in [0.1, 0.15) is 12.5 Å². The standard InChI is InChI=1S/C19H21NO9S/c1-11(21)28-9-13-10-30(24,25)18-16(27-3)17(22)20(18)15(13)19(23)29-8-12-4-6-14(26-2)7-5-12/h4-7,16,18H,8-10H2,1-3H3/t16-,18+/m0/s1. The van der Waals surface area contributed by atoms with Crippen LogP contribution >= 0.6 is 0 Å². The van der Waals surface area contributed by atoms with E-state index < -0.39 is 51.5 Å². The van der Waals surface area contributed by atoms with Gasteiger partial charge >= 0.3 is 11.9 Å². The highest BCUT2D eigenvalue weighted by molar-refractivity contribution is 7.92. The number of sulfone groups is 1. The van der Waals surface area contributed by atoms with E-state index in [4.69, 9.17) is 18.9 Å². The van der Waals surface area contributed by atoms with Crippen LogP contribution in [0.4, 0.5) is 0 Å². The molecule has 1 amide bonds. The molecule has 0 saturated carbocycles. The van der Waals surface area contributed by atoms with Gasteiger partial charge in [0, 0.05) is 19.6 Å². The Morgan fingerprint density at radius 1 is 1.10 bits per heavy atom. The van der Waals surface area contributed by atoms with Crippen molar-refractivity contribution in [3.8, 4) is 5.75 Å². The van der Waals surface area contributed by atoms with E-state index in [-0.39, 0.29) is 17.9 Å². The van der Waals surface area contributed by atoms with Crippen LogP contribution in [0.15, 0.2) is 35.5 Å². The molecular formula is C19H21NO9S. The van der Waals surface area contributed by atoms with Crippen LogP contribution < -0.4 is 4.74 Å². The molecule has 2 aliphatic heterocycles. The number of rotatable bonds is 7. The minimum Gasteiger partial charge on any atom is -0.497 e. The van der Waals surface area contributed by atoms with Gasteiger partial charge in [0.15, 0.2) is 21.3 Å². The molecule has 1 aromatic carbocycles. The van der Waals surface area contributed by atoms with Crippen LogP contribution in [0.5, 0.6) is 5.75 Å². The van der Waals surface area contributed by atoms with E-state index in [1.54, 1.807) is 24.3 Å². The van der Waals surface area contributed by atoms with E-state index in [0.717, 1.165) is 11.8 Å². The summed E-state index contributed by atoms with van der Waals surface area (Å²) in [6.07, 6.45) is -1.20. The molecule has 0 radical (unpaired) electrons. The number of hydrogen-bond donors (Lipinski definition) is 0. The topological polar surface area (TPSA) is 126 Å². The smallest absolute Gasteiger partial charge is 0.355 e. The summed E-state index contributed by atoms with van der Waals surface area (Å²) in [6, 6.07) is 6.79. The zero-order chi connectivity index (χ0) is 22.1. The third kappa shape index (κ3) is 4.03. The Labute approximate surface area is 173 Å². The summed E-state index contributed by atoms with van der Waals surface area (Å²) in [5.41, 5.74) is 0.406. The summed E-state index contributed by atoms with van der Waals surface area (Å²) in [7, 11) is -1.10. The normalized spacial score (nSPS) is 22.1. The molecule has 2 atom stereocenters. The Morgan fingerprint density at radius 2 is 1.77 bits per heavy atom. The van der Waals surface area contributed by atoms with E-state index >= 15 is 0 Å². The molecule has 0 aliphatic carbocycles. The van der Waals surface area contributed by atoms with Crippen LogP contribution in [-0.4, -0.2) is 69.2 Å². The third-order valence-electron chi connectivity index (χ3n) is 4.74. The van der Waals surface area contributed by atoms with Gasteiger partial charge in [-0.25, -0.2) is 13.2 Å². The molecule has 0 bridgehead atoms. The fraction of sp³-hybridized carbons (Fsp3) is 0.421. The number of nitrogens with zero attached hydrogens (tertiary/aromatic N) is 1. The number of carbonyl (C=O) groups is 3. The lowest BCUT2D eigenvalue weighted by molar-refractivity contribution is -0.164. The van der Waals surface area contributed by atoms with Crippen molar-refractivity contribution < 1.29 is 41.7 Å². The highest BCUT2D eigenvalue weighted by Gasteiger charge is 2.60. The van der Waals surface area contributed by atoms with Gasteiger partial charge < -0.3 is 18.9 Å². The van der Waals surface area contributed by atoms with Crippen LogP contribution in [0.25, 0.3) is 0 Å². The lowest BCUT2D eigenvalue weighted by Crippen LogP contribution is -2.70. The summed E-state index contributed by atoms with van der Waals surface area (Å²) in [6.45, 7) is 0.591. The van der Waals surface area contributed by atoms with E-state index in [1.165, 1.54) is 14.2 Å². The van der Waals surface area contributed by atoms with Crippen molar-refractivity contribution in [2.75, 3.05) is 26.6 Å². The summed E-state index contributed by atoms with van der Waals surface area (Å²) in [4.78, 5) is 37.3. The number of benzene rings is 1. The molecule has 30 heavy (non-hydrogen) atoms. The second kappa shape index (κ2) is 8.44. The summed E-state index contributed by atoms with van der Waals surface area (Å²) in [5.74, 6) is -2.15. The molecule has 1 aromatic rings. The first-order valence-electron chi connectivity index (χ1n) is 8.92. The molecular weight excluding hydrogens is 418 g/mol. The van der Waals surface area contributed by atoms with Gasteiger partial charge in [0.2, 0.25) is 0 Å². The monoisotopic (exact) mass is 439 g/mol. The van der Waals surface area contributed by atoms with E-state index in [9.17, 15) is 22.8 Å². The molecule has 0 unspecified atom stereocenters. The lowest BCUT2D eigenvalue weighted by Gasteiger charge is -2.48.